The van der Waals surface area contributed by atoms with Crippen LogP contribution in [-0.2, 0) is 0 Å². The van der Waals surface area contributed by atoms with E-state index < -0.39 is 0 Å². The Bertz CT molecular complexity index is 579. The van der Waals surface area contributed by atoms with Gasteiger partial charge in [-0.05, 0) is 43.9 Å². The Labute approximate surface area is 119 Å². The summed E-state index contributed by atoms with van der Waals surface area (Å²) in [5, 5.41) is 4.52. The van der Waals surface area contributed by atoms with Gasteiger partial charge in [-0.15, -0.1) is 0 Å². The molecule has 19 heavy (non-hydrogen) atoms. The molecule has 0 aliphatic rings. The standard InChI is InChI=1S/C15H23N3S/c1-14(2,3)9-15(4,5)18-13-17-11-7-6-10(16)8-12(11)19-13/h6-8H,9,16H2,1-5H3,(H,17,18). The van der Waals surface area contributed by atoms with Crippen molar-refractivity contribution in [2.75, 3.05) is 11.1 Å². The zero-order chi connectivity index (χ0) is 14.3. The molecule has 1 heterocycles. The first kappa shape index (κ1) is 14.1. The van der Waals surface area contributed by atoms with Crippen LogP contribution in [0.2, 0.25) is 0 Å². The summed E-state index contributed by atoms with van der Waals surface area (Å²) in [6.07, 6.45) is 1.08. The summed E-state index contributed by atoms with van der Waals surface area (Å²) in [5.74, 6) is 0. The third-order valence-electron chi connectivity index (χ3n) is 2.83. The van der Waals surface area contributed by atoms with Gasteiger partial charge in [0.15, 0.2) is 5.13 Å². The van der Waals surface area contributed by atoms with Gasteiger partial charge >= 0.3 is 0 Å². The third-order valence-corrected chi connectivity index (χ3v) is 3.76. The van der Waals surface area contributed by atoms with Crippen molar-refractivity contribution in [2.45, 2.75) is 46.6 Å². The number of hydrogen-bond acceptors (Lipinski definition) is 4. The number of aromatic nitrogens is 1. The fourth-order valence-corrected chi connectivity index (χ4v) is 3.75. The average Bonchev–Trinajstić information content (AvgIpc) is 2.53. The van der Waals surface area contributed by atoms with Crippen molar-refractivity contribution in [3.05, 3.63) is 18.2 Å². The van der Waals surface area contributed by atoms with Gasteiger partial charge in [0, 0.05) is 11.2 Å². The number of rotatable bonds is 3. The Morgan fingerprint density at radius 3 is 2.53 bits per heavy atom. The topological polar surface area (TPSA) is 50.9 Å². The maximum absolute atomic E-state index is 5.80. The Kier molecular flexibility index (Phi) is 3.47. The van der Waals surface area contributed by atoms with E-state index in [0.29, 0.717) is 0 Å². The molecule has 0 saturated heterocycles. The Morgan fingerprint density at radius 2 is 1.89 bits per heavy atom. The molecule has 104 valence electrons. The molecule has 2 rings (SSSR count). The highest BCUT2D eigenvalue weighted by Gasteiger charge is 2.26. The van der Waals surface area contributed by atoms with Gasteiger partial charge in [-0.1, -0.05) is 32.1 Å². The van der Waals surface area contributed by atoms with E-state index in [1.54, 1.807) is 11.3 Å². The molecule has 4 heteroatoms. The first-order valence-corrected chi connectivity index (χ1v) is 7.41. The molecular formula is C15H23N3S. The van der Waals surface area contributed by atoms with Crippen LogP contribution in [0.3, 0.4) is 0 Å². The number of nitrogens with two attached hydrogens (primary N) is 1. The maximum Gasteiger partial charge on any atom is 0.184 e. The lowest BCUT2D eigenvalue weighted by Crippen LogP contribution is -2.35. The first-order valence-electron chi connectivity index (χ1n) is 6.59. The second-order valence-corrected chi connectivity index (χ2v) is 8.02. The zero-order valence-electron chi connectivity index (χ0n) is 12.4. The molecule has 3 nitrogen and oxygen atoms in total. The molecule has 0 atom stereocenters. The second kappa shape index (κ2) is 4.67. The van der Waals surface area contributed by atoms with Gasteiger partial charge in [0.2, 0.25) is 0 Å². The maximum atomic E-state index is 5.80. The monoisotopic (exact) mass is 277 g/mol. The summed E-state index contributed by atoms with van der Waals surface area (Å²) in [7, 11) is 0. The summed E-state index contributed by atoms with van der Waals surface area (Å²) in [5.41, 5.74) is 7.91. The molecular weight excluding hydrogens is 254 g/mol. The molecule has 3 N–H and O–H groups in total. The SMILES string of the molecule is CC(C)(C)CC(C)(C)Nc1nc2ccc(N)cc2s1. The van der Waals surface area contributed by atoms with Crippen LogP contribution in [0.5, 0.6) is 0 Å². The van der Waals surface area contributed by atoms with Crippen LogP contribution in [0.1, 0.15) is 41.0 Å². The Morgan fingerprint density at radius 1 is 1.21 bits per heavy atom. The van der Waals surface area contributed by atoms with Crippen LogP contribution in [0.15, 0.2) is 18.2 Å². The van der Waals surface area contributed by atoms with Crippen molar-refractivity contribution in [1.29, 1.82) is 0 Å². The number of fused-ring (bicyclic) bond motifs is 1. The molecule has 1 aromatic carbocycles. The van der Waals surface area contributed by atoms with Crippen molar-refractivity contribution in [3.8, 4) is 0 Å². The molecule has 0 radical (unpaired) electrons. The largest absolute Gasteiger partial charge is 0.399 e. The van der Waals surface area contributed by atoms with E-state index in [-0.39, 0.29) is 11.0 Å². The quantitative estimate of drug-likeness (QED) is 0.812. The minimum Gasteiger partial charge on any atom is -0.399 e. The van der Waals surface area contributed by atoms with Gasteiger partial charge in [-0.25, -0.2) is 4.98 Å². The van der Waals surface area contributed by atoms with E-state index in [9.17, 15) is 0 Å². The molecule has 0 fully saturated rings. The van der Waals surface area contributed by atoms with Crippen LogP contribution >= 0.6 is 11.3 Å². The van der Waals surface area contributed by atoms with Gasteiger partial charge in [0.05, 0.1) is 10.2 Å². The minimum atomic E-state index is 0.0255. The predicted molar refractivity (Wildman–Crippen MR) is 85.8 cm³/mol. The van der Waals surface area contributed by atoms with Crippen molar-refractivity contribution in [3.63, 3.8) is 0 Å². The molecule has 0 bridgehead atoms. The summed E-state index contributed by atoms with van der Waals surface area (Å²) < 4.78 is 1.13. The number of anilines is 2. The van der Waals surface area contributed by atoms with Gasteiger partial charge in [-0.3, -0.25) is 0 Å². The number of nitrogen functional groups attached to an aromatic ring is 1. The normalized spacial score (nSPS) is 12.9. The average molecular weight is 277 g/mol. The van der Waals surface area contributed by atoms with Gasteiger partial charge < -0.3 is 11.1 Å². The molecule has 0 saturated carbocycles. The lowest BCUT2D eigenvalue weighted by molar-refractivity contribution is 0.302. The van der Waals surface area contributed by atoms with Crippen molar-refractivity contribution in [1.82, 2.24) is 4.98 Å². The number of nitrogens with one attached hydrogen (secondary N) is 1. The van der Waals surface area contributed by atoms with Crippen LogP contribution in [-0.4, -0.2) is 10.5 Å². The number of nitrogens with zero attached hydrogens (tertiary/aromatic N) is 1. The molecule has 0 spiro atoms. The van der Waals surface area contributed by atoms with E-state index in [2.05, 4.69) is 44.9 Å². The first-order chi connectivity index (χ1) is 8.65. The fourth-order valence-electron chi connectivity index (χ4n) is 2.65. The van der Waals surface area contributed by atoms with Crippen LogP contribution in [0.4, 0.5) is 10.8 Å². The highest BCUT2D eigenvalue weighted by Crippen LogP contribution is 2.33. The van der Waals surface area contributed by atoms with Gasteiger partial charge in [0.25, 0.3) is 0 Å². The van der Waals surface area contributed by atoms with E-state index in [1.165, 1.54) is 0 Å². The van der Waals surface area contributed by atoms with Crippen LogP contribution in [0, 0.1) is 5.41 Å². The lowest BCUT2D eigenvalue weighted by atomic mass is 9.82. The van der Waals surface area contributed by atoms with E-state index in [0.717, 1.165) is 27.5 Å². The Balaban J connectivity index is 2.21. The summed E-state index contributed by atoms with van der Waals surface area (Å²) in [6.45, 7) is 11.2. The predicted octanol–water partition coefficient (Wildman–Crippen LogP) is 4.51. The molecule has 0 amide bonds. The van der Waals surface area contributed by atoms with Crippen molar-refractivity contribution < 1.29 is 0 Å². The van der Waals surface area contributed by atoms with Crippen LogP contribution < -0.4 is 11.1 Å². The van der Waals surface area contributed by atoms with Gasteiger partial charge in [0.1, 0.15) is 0 Å². The van der Waals surface area contributed by atoms with E-state index in [4.69, 9.17) is 5.73 Å². The highest BCUT2D eigenvalue weighted by molar-refractivity contribution is 7.22. The van der Waals surface area contributed by atoms with Crippen LogP contribution in [0.25, 0.3) is 10.2 Å². The molecule has 2 aromatic rings. The molecule has 1 aromatic heterocycles. The van der Waals surface area contributed by atoms with Crippen molar-refractivity contribution in [2.24, 2.45) is 5.41 Å². The van der Waals surface area contributed by atoms with Crippen molar-refractivity contribution >= 4 is 32.4 Å². The number of benzene rings is 1. The lowest BCUT2D eigenvalue weighted by Gasteiger charge is -2.33. The molecule has 0 unspecified atom stereocenters. The second-order valence-electron chi connectivity index (χ2n) is 6.99. The molecule has 0 aliphatic carbocycles. The number of thiazole rings is 1. The smallest absolute Gasteiger partial charge is 0.184 e. The highest BCUT2D eigenvalue weighted by atomic mass is 32.1. The summed E-state index contributed by atoms with van der Waals surface area (Å²) >= 11 is 1.66. The third kappa shape index (κ3) is 3.83. The van der Waals surface area contributed by atoms with E-state index >= 15 is 0 Å². The zero-order valence-corrected chi connectivity index (χ0v) is 13.2. The Hall–Kier alpha value is -1.29. The molecule has 0 aliphatic heterocycles. The summed E-state index contributed by atoms with van der Waals surface area (Å²) in [4.78, 5) is 4.62. The summed E-state index contributed by atoms with van der Waals surface area (Å²) in [6, 6.07) is 5.85. The van der Waals surface area contributed by atoms with E-state index in [1.807, 2.05) is 18.2 Å². The number of hydrogen-bond donors (Lipinski definition) is 2. The fraction of sp³-hybridized carbons (Fsp3) is 0.533. The van der Waals surface area contributed by atoms with Gasteiger partial charge in [-0.2, -0.15) is 0 Å². The minimum absolute atomic E-state index is 0.0255.